The van der Waals surface area contributed by atoms with Crippen LogP contribution in [-0.2, 0) is 6.42 Å². The van der Waals surface area contributed by atoms with E-state index in [9.17, 15) is 0 Å². The molecule has 1 atom stereocenters. The van der Waals surface area contributed by atoms with Crippen molar-refractivity contribution in [3.63, 3.8) is 0 Å². The molecular formula is C15H13BrClNO. The highest BCUT2D eigenvalue weighted by molar-refractivity contribution is 9.10. The molecule has 1 aliphatic heterocycles. The van der Waals surface area contributed by atoms with E-state index in [1.54, 1.807) is 0 Å². The second-order valence-electron chi connectivity index (χ2n) is 4.56. The molecular weight excluding hydrogens is 326 g/mol. The van der Waals surface area contributed by atoms with Gasteiger partial charge in [-0.2, -0.15) is 0 Å². The maximum absolute atomic E-state index is 5.97. The molecule has 0 fully saturated rings. The summed E-state index contributed by atoms with van der Waals surface area (Å²) < 4.78 is 6.78. The van der Waals surface area contributed by atoms with Gasteiger partial charge in [-0.25, -0.2) is 0 Å². The van der Waals surface area contributed by atoms with Gasteiger partial charge in [0.25, 0.3) is 0 Å². The first-order valence-electron chi connectivity index (χ1n) is 6.16. The standard InChI is InChI=1S/C15H13BrClNO/c16-13-8-11(5-6-14(13)17)18-9-12-7-10-3-1-2-4-15(10)19-12/h1-6,8,12,18H,7,9H2. The van der Waals surface area contributed by atoms with Crippen LogP contribution in [0.2, 0.25) is 5.02 Å². The van der Waals surface area contributed by atoms with Crippen LogP contribution in [0.4, 0.5) is 5.69 Å². The van der Waals surface area contributed by atoms with Crippen LogP contribution in [0.5, 0.6) is 5.75 Å². The predicted octanol–water partition coefficient (Wildman–Crippen LogP) is 4.52. The van der Waals surface area contributed by atoms with E-state index in [-0.39, 0.29) is 6.10 Å². The minimum absolute atomic E-state index is 0.187. The molecule has 4 heteroatoms. The molecule has 0 amide bonds. The highest BCUT2D eigenvalue weighted by Crippen LogP contribution is 2.29. The van der Waals surface area contributed by atoms with Gasteiger partial charge < -0.3 is 10.1 Å². The molecule has 1 unspecified atom stereocenters. The Balaban J connectivity index is 1.61. The Labute approximate surface area is 125 Å². The Morgan fingerprint density at radius 3 is 2.89 bits per heavy atom. The van der Waals surface area contributed by atoms with Crippen molar-refractivity contribution in [3.05, 3.63) is 57.5 Å². The van der Waals surface area contributed by atoms with E-state index in [4.69, 9.17) is 16.3 Å². The lowest BCUT2D eigenvalue weighted by Crippen LogP contribution is -2.23. The lowest BCUT2D eigenvalue weighted by molar-refractivity contribution is 0.246. The minimum Gasteiger partial charge on any atom is -0.488 e. The van der Waals surface area contributed by atoms with E-state index in [0.717, 1.165) is 33.9 Å². The number of ether oxygens (including phenoxy) is 1. The maximum Gasteiger partial charge on any atom is 0.123 e. The first-order valence-corrected chi connectivity index (χ1v) is 7.33. The van der Waals surface area contributed by atoms with Crippen molar-refractivity contribution >= 4 is 33.2 Å². The first-order chi connectivity index (χ1) is 9.22. The van der Waals surface area contributed by atoms with Crippen LogP contribution in [0.15, 0.2) is 46.9 Å². The maximum atomic E-state index is 5.97. The molecule has 1 aliphatic rings. The summed E-state index contributed by atoms with van der Waals surface area (Å²) in [5, 5.41) is 4.09. The first kappa shape index (κ1) is 12.8. The van der Waals surface area contributed by atoms with Gasteiger partial charge in [0.2, 0.25) is 0 Å². The molecule has 3 rings (SSSR count). The zero-order valence-electron chi connectivity index (χ0n) is 10.2. The fraction of sp³-hybridized carbons (Fsp3) is 0.200. The summed E-state index contributed by atoms with van der Waals surface area (Å²) in [6.07, 6.45) is 1.14. The molecule has 0 radical (unpaired) electrons. The molecule has 1 N–H and O–H groups in total. The molecule has 2 aromatic rings. The average molecular weight is 339 g/mol. The summed E-state index contributed by atoms with van der Waals surface area (Å²) in [5.74, 6) is 1.01. The van der Waals surface area contributed by atoms with Crippen molar-refractivity contribution in [1.82, 2.24) is 0 Å². The van der Waals surface area contributed by atoms with Crippen LogP contribution in [-0.4, -0.2) is 12.6 Å². The number of halogens is 2. The van der Waals surface area contributed by atoms with Crippen molar-refractivity contribution in [1.29, 1.82) is 0 Å². The predicted molar refractivity (Wildman–Crippen MR) is 82.2 cm³/mol. The van der Waals surface area contributed by atoms with Crippen LogP contribution < -0.4 is 10.1 Å². The van der Waals surface area contributed by atoms with Gasteiger partial charge in [0.15, 0.2) is 0 Å². The number of para-hydroxylation sites is 1. The van der Waals surface area contributed by atoms with Gasteiger partial charge in [-0.15, -0.1) is 0 Å². The summed E-state index contributed by atoms with van der Waals surface area (Å²) in [4.78, 5) is 0. The number of hydrogen-bond acceptors (Lipinski definition) is 2. The monoisotopic (exact) mass is 337 g/mol. The average Bonchev–Trinajstić information content (AvgIpc) is 2.83. The van der Waals surface area contributed by atoms with Crippen molar-refractivity contribution in [2.45, 2.75) is 12.5 Å². The molecule has 0 saturated carbocycles. The molecule has 2 nitrogen and oxygen atoms in total. The topological polar surface area (TPSA) is 21.3 Å². The highest BCUT2D eigenvalue weighted by Gasteiger charge is 2.21. The highest BCUT2D eigenvalue weighted by atomic mass is 79.9. The molecule has 1 heterocycles. The Kier molecular flexibility index (Phi) is 3.67. The van der Waals surface area contributed by atoms with Crippen molar-refractivity contribution in [3.8, 4) is 5.75 Å². The third-order valence-corrected chi connectivity index (χ3v) is 4.38. The normalized spacial score (nSPS) is 16.8. The summed E-state index contributed by atoms with van der Waals surface area (Å²) in [6, 6.07) is 14.0. The van der Waals surface area contributed by atoms with Crippen LogP contribution in [0, 0.1) is 0 Å². The van der Waals surface area contributed by atoms with Crippen LogP contribution >= 0.6 is 27.5 Å². The summed E-state index contributed by atoms with van der Waals surface area (Å²) in [6.45, 7) is 0.781. The number of rotatable bonds is 3. The number of benzene rings is 2. The fourth-order valence-electron chi connectivity index (χ4n) is 2.21. The van der Waals surface area contributed by atoms with E-state index in [0.29, 0.717) is 0 Å². The van der Waals surface area contributed by atoms with Gasteiger partial charge in [-0.05, 0) is 45.8 Å². The Bertz CT molecular complexity index is 577. The SMILES string of the molecule is Clc1ccc(NCC2Cc3ccccc3O2)cc1Br. The molecule has 0 aliphatic carbocycles. The zero-order chi connectivity index (χ0) is 13.2. The Morgan fingerprint density at radius 2 is 2.11 bits per heavy atom. The van der Waals surface area contributed by atoms with Crippen molar-refractivity contribution in [2.24, 2.45) is 0 Å². The van der Waals surface area contributed by atoms with E-state index in [1.165, 1.54) is 5.56 Å². The fourth-order valence-corrected chi connectivity index (χ4v) is 2.70. The molecule has 0 saturated heterocycles. The smallest absolute Gasteiger partial charge is 0.123 e. The van der Waals surface area contributed by atoms with Crippen molar-refractivity contribution < 1.29 is 4.74 Å². The molecule has 2 aromatic carbocycles. The molecule has 98 valence electrons. The second kappa shape index (κ2) is 5.43. The molecule has 0 aromatic heterocycles. The van der Waals surface area contributed by atoms with E-state index < -0.39 is 0 Å². The van der Waals surface area contributed by atoms with E-state index in [1.807, 2.05) is 36.4 Å². The number of nitrogens with one attached hydrogen (secondary N) is 1. The summed E-state index contributed by atoms with van der Waals surface area (Å²) in [5.41, 5.74) is 2.32. The van der Waals surface area contributed by atoms with Crippen LogP contribution in [0.3, 0.4) is 0 Å². The van der Waals surface area contributed by atoms with Gasteiger partial charge in [-0.1, -0.05) is 29.8 Å². The van der Waals surface area contributed by atoms with E-state index >= 15 is 0 Å². The van der Waals surface area contributed by atoms with Gasteiger partial charge in [-0.3, -0.25) is 0 Å². The van der Waals surface area contributed by atoms with Crippen LogP contribution in [0.25, 0.3) is 0 Å². The van der Waals surface area contributed by atoms with E-state index in [2.05, 4.69) is 27.3 Å². The lowest BCUT2D eigenvalue weighted by Gasteiger charge is -2.13. The number of hydrogen-bond donors (Lipinski definition) is 1. The number of fused-ring (bicyclic) bond motifs is 1. The van der Waals surface area contributed by atoms with Gasteiger partial charge >= 0.3 is 0 Å². The molecule has 0 bridgehead atoms. The Morgan fingerprint density at radius 1 is 1.26 bits per heavy atom. The van der Waals surface area contributed by atoms with Crippen LogP contribution in [0.1, 0.15) is 5.56 Å². The van der Waals surface area contributed by atoms with Gasteiger partial charge in [0.05, 0.1) is 11.6 Å². The quantitative estimate of drug-likeness (QED) is 0.888. The third kappa shape index (κ3) is 2.88. The zero-order valence-corrected chi connectivity index (χ0v) is 12.5. The minimum atomic E-state index is 0.187. The number of anilines is 1. The molecule has 0 spiro atoms. The van der Waals surface area contributed by atoms with Gasteiger partial charge in [0, 0.05) is 16.6 Å². The molecule has 19 heavy (non-hydrogen) atoms. The Hall–Kier alpha value is -1.19. The lowest BCUT2D eigenvalue weighted by atomic mass is 10.1. The summed E-state index contributed by atoms with van der Waals surface area (Å²) >= 11 is 9.39. The summed E-state index contributed by atoms with van der Waals surface area (Å²) in [7, 11) is 0. The largest absolute Gasteiger partial charge is 0.488 e. The van der Waals surface area contributed by atoms with Crippen molar-refractivity contribution in [2.75, 3.05) is 11.9 Å². The second-order valence-corrected chi connectivity index (χ2v) is 5.82. The van der Waals surface area contributed by atoms with Gasteiger partial charge in [0.1, 0.15) is 11.9 Å². The third-order valence-electron chi connectivity index (χ3n) is 3.17.